The Kier molecular flexibility index (Phi) is 3.96. The molecule has 0 atom stereocenters. The van der Waals surface area contributed by atoms with Gasteiger partial charge in [0.15, 0.2) is 5.71 Å². The molecule has 0 aliphatic carbocycles. The minimum atomic E-state index is -0.757. The van der Waals surface area contributed by atoms with Crippen LogP contribution in [0.4, 0.5) is 5.69 Å². The Labute approximate surface area is 98.5 Å². The molecule has 1 amide bonds. The van der Waals surface area contributed by atoms with Crippen LogP contribution in [0, 0.1) is 6.92 Å². The molecule has 5 nitrogen and oxygen atoms in total. The molecular formula is C10H12N4OS. The predicted molar refractivity (Wildman–Crippen MR) is 68.2 cm³/mol. The standard InChI is InChI=1S/C10H12N4OS/c1-6-2-4-7(5-3-6)13-14-8(9(11)15)10(12)16/h2-5,13H,1H3,(H2,11,15)(H2,12,16)/b14-8+. The summed E-state index contributed by atoms with van der Waals surface area (Å²) >= 11 is 4.64. The lowest BCUT2D eigenvalue weighted by atomic mass is 10.2. The van der Waals surface area contributed by atoms with Gasteiger partial charge in [-0.3, -0.25) is 10.2 Å². The zero-order valence-corrected chi connectivity index (χ0v) is 9.54. The first-order valence-corrected chi connectivity index (χ1v) is 4.91. The number of hydrogen-bond acceptors (Lipinski definition) is 4. The highest BCUT2D eigenvalue weighted by Gasteiger charge is 2.09. The summed E-state index contributed by atoms with van der Waals surface area (Å²) in [6, 6.07) is 7.44. The van der Waals surface area contributed by atoms with Crippen LogP contribution >= 0.6 is 12.2 Å². The molecule has 6 heteroatoms. The summed E-state index contributed by atoms with van der Waals surface area (Å²) in [4.78, 5) is 10.8. The van der Waals surface area contributed by atoms with Crippen molar-refractivity contribution in [3.05, 3.63) is 29.8 Å². The fraction of sp³-hybridized carbons (Fsp3) is 0.100. The Morgan fingerprint density at radius 1 is 1.31 bits per heavy atom. The van der Waals surface area contributed by atoms with Gasteiger partial charge < -0.3 is 11.5 Å². The van der Waals surface area contributed by atoms with Crippen LogP contribution in [0.15, 0.2) is 29.4 Å². The van der Waals surface area contributed by atoms with Gasteiger partial charge in [-0.25, -0.2) is 0 Å². The molecule has 0 saturated heterocycles. The molecule has 0 heterocycles. The van der Waals surface area contributed by atoms with Gasteiger partial charge in [0.25, 0.3) is 5.91 Å². The smallest absolute Gasteiger partial charge is 0.272 e. The second-order valence-corrected chi connectivity index (χ2v) is 3.61. The molecule has 0 aliphatic rings. The number of thiocarbonyl (C=S) groups is 1. The van der Waals surface area contributed by atoms with E-state index >= 15 is 0 Å². The van der Waals surface area contributed by atoms with Crippen LogP contribution in [0.2, 0.25) is 0 Å². The van der Waals surface area contributed by atoms with E-state index in [-0.39, 0.29) is 10.7 Å². The fourth-order valence-corrected chi connectivity index (χ4v) is 1.13. The third-order valence-corrected chi connectivity index (χ3v) is 2.01. The third kappa shape index (κ3) is 3.32. The monoisotopic (exact) mass is 236 g/mol. The lowest BCUT2D eigenvalue weighted by molar-refractivity contribution is -0.111. The number of rotatable bonds is 4. The van der Waals surface area contributed by atoms with Gasteiger partial charge in [-0.05, 0) is 19.1 Å². The lowest BCUT2D eigenvalue weighted by Gasteiger charge is -2.03. The molecule has 1 aromatic carbocycles. The van der Waals surface area contributed by atoms with Crippen molar-refractivity contribution in [1.82, 2.24) is 0 Å². The molecule has 1 aromatic rings. The molecular weight excluding hydrogens is 224 g/mol. The third-order valence-electron chi connectivity index (χ3n) is 1.82. The molecule has 0 aliphatic heterocycles. The number of nitrogens with two attached hydrogens (primary N) is 2. The van der Waals surface area contributed by atoms with Crippen LogP contribution in [-0.2, 0) is 4.79 Å². The molecule has 5 N–H and O–H groups in total. The van der Waals surface area contributed by atoms with Gasteiger partial charge in [0.1, 0.15) is 4.99 Å². The van der Waals surface area contributed by atoms with Crippen molar-refractivity contribution in [2.75, 3.05) is 5.43 Å². The maximum absolute atomic E-state index is 10.9. The van der Waals surface area contributed by atoms with Gasteiger partial charge in [-0.2, -0.15) is 5.10 Å². The maximum Gasteiger partial charge on any atom is 0.272 e. The Morgan fingerprint density at radius 2 is 1.88 bits per heavy atom. The Balaban J connectivity index is 2.81. The lowest BCUT2D eigenvalue weighted by Crippen LogP contribution is -2.35. The van der Waals surface area contributed by atoms with Gasteiger partial charge in [-0.15, -0.1) is 0 Å². The molecule has 0 saturated carbocycles. The minimum Gasteiger partial charge on any atom is -0.388 e. The number of anilines is 1. The van der Waals surface area contributed by atoms with Crippen molar-refractivity contribution < 1.29 is 4.79 Å². The maximum atomic E-state index is 10.9. The van der Waals surface area contributed by atoms with Crippen LogP contribution in [0.3, 0.4) is 0 Å². The number of nitrogens with one attached hydrogen (secondary N) is 1. The summed E-state index contributed by atoms with van der Waals surface area (Å²) in [7, 11) is 0. The average molecular weight is 236 g/mol. The molecule has 0 spiro atoms. The van der Waals surface area contributed by atoms with Crippen LogP contribution in [0.1, 0.15) is 5.56 Å². The molecule has 16 heavy (non-hydrogen) atoms. The molecule has 0 bridgehead atoms. The van der Waals surface area contributed by atoms with E-state index in [1.54, 1.807) is 0 Å². The number of aryl methyl sites for hydroxylation is 1. The van der Waals surface area contributed by atoms with Crippen molar-refractivity contribution in [2.45, 2.75) is 6.92 Å². The summed E-state index contributed by atoms with van der Waals surface area (Å²) in [6.07, 6.45) is 0. The zero-order valence-electron chi connectivity index (χ0n) is 8.73. The van der Waals surface area contributed by atoms with Crippen molar-refractivity contribution in [1.29, 1.82) is 0 Å². The normalized spacial score (nSPS) is 10.9. The second kappa shape index (κ2) is 5.22. The van der Waals surface area contributed by atoms with Crippen molar-refractivity contribution in [3.63, 3.8) is 0 Å². The molecule has 1 rings (SSSR count). The van der Waals surface area contributed by atoms with Gasteiger partial charge >= 0.3 is 0 Å². The number of amides is 1. The van der Waals surface area contributed by atoms with E-state index in [0.717, 1.165) is 11.3 Å². The van der Waals surface area contributed by atoms with E-state index in [1.165, 1.54) is 0 Å². The van der Waals surface area contributed by atoms with E-state index in [2.05, 4.69) is 22.7 Å². The Morgan fingerprint density at radius 3 is 2.31 bits per heavy atom. The number of primary amides is 1. The SMILES string of the molecule is Cc1ccc(N/N=C(\C(N)=O)C(N)=S)cc1. The summed E-state index contributed by atoms with van der Waals surface area (Å²) < 4.78 is 0. The van der Waals surface area contributed by atoms with E-state index < -0.39 is 5.91 Å². The second-order valence-electron chi connectivity index (χ2n) is 3.17. The average Bonchev–Trinajstić information content (AvgIpc) is 2.20. The highest BCUT2D eigenvalue weighted by molar-refractivity contribution is 7.82. The summed E-state index contributed by atoms with van der Waals surface area (Å²) in [5.74, 6) is -0.757. The van der Waals surface area contributed by atoms with E-state index in [9.17, 15) is 4.79 Å². The number of carbonyl (C=O) groups excluding carboxylic acids is 1. The van der Waals surface area contributed by atoms with E-state index in [1.807, 2.05) is 31.2 Å². The number of carbonyl (C=O) groups is 1. The molecule has 84 valence electrons. The largest absolute Gasteiger partial charge is 0.388 e. The molecule has 0 fully saturated rings. The minimum absolute atomic E-state index is 0.132. The highest BCUT2D eigenvalue weighted by Crippen LogP contribution is 2.08. The number of hydrogen-bond donors (Lipinski definition) is 3. The van der Waals surface area contributed by atoms with Crippen molar-refractivity contribution in [3.8, 4) is 0 Å². The number of nitrogens with zero attached hydrogens (tertiary/aromatic N) is 1. The van der Waals surface area contributed by atoms with E-state index in [4.69, 9.17) is 11.5 Å². The van der Waals surface area contributed by atoms with Gasteiger partial charge in [0.2, 0.25) is 0 Å². The highest BCUT2D eigenvalue weighted by atomic mass is 32.1. The summed E-state index contributed by atoms with van der Waals surface area (Å²) in [5.41, 5.74) is 14.7. The van der Waals surface area contributed by atoms with Crippen LogP contribution in [0.5, 0.6) is 0 Å². The number of benzene rings is 1. The summed E-state index contributed by atoms with van der Waals surface area (Å²) in [5, 5.41) is 3.75. The first-order valence-electron chi connectivity index (χ1n) is 4.50. The number of hydrazone groups is 1. The van der Waals surface area contributed by atoms with Gasteiger partial charge in [0, 0.05) is 0 Å². The van der Waals surface area contributed by atoms with Gasteiger partial charge in [-0.1, -0.05) is 29.9 Å². The van der Waals surface area contributed by atoms with Crippen LogP contribution < -0.4 is 16.9 Å². The first-order chi connectivity index (χ1) is 7.50. The quantitative estimate of drug-likeness (QED) is 0.404. The van der Waals surface area contributed by atoms with Crippen LogP contribution in [-0.4, -0.2) is 16.6 Å². The van der Waals surface area contributed by atoms with E-state index in [0.29, 0.717) is 0 Å². The molecule has 0 unspecified atom stereocenters. The van der Waals surface area contributed by atoms with Crippen molar-refractivity contribution in [2.24, 2.45) is 16.6 Å². The topological polar surface area (TPSA) is 93.5 Å². The first kappa shape index (κ1) is 12.1. The Hall–Kier alpha value is -1.95. The molecule has 0 radical (unpaired) electrons. The summed E-state index contributed by atoms with van der Waals surface area (Å²) in [6.45, 7) is 1.97. The van der Waals surface area contributed by atoms with Crippen LogP contribution in [0.25, 0.3) is 0 Å². The Bertz CT molecular complexity index is 423. The molecule has 0 aromatic heterocycles. The zero-order chi connectivity index (χ0) is 12.1. The van der Waals surface area contributed by atoms with Crippen molar-refractivity contribution >= 4 is 34.5 Å². The fourth-order valence-electron chi connectivity index (χ4n) is 0.980. The van der Waals surface area contributed by atoms with Gasteiger partial charge in [0.05, 0.1) is 5.69 Å². The predicted octanol–water partition coefficient (Wildman–Crippen LogP) is 0.534.